The molecule has 0 amide bonds. The van der Waals surface area contributed by atoms with E-state index < -0.39 is 8.56 Å². The zero-order valence-electron chi connectivity index (χ0n) is 11.7. The van der Waals surface area contributed by atoms with E-state index in [4.69, 9.17) is 20.5 Å². The Morgan fingerprint density at radius 1 is 1.00 bits per heavy atom. The Labute approximate surface area is 112 Å². The highest BCUT2D eigenvalue weighted by atomic mass is 35.5. The van der Waals surface area contributed by atoms with Crippen LogP contribution in [0.4, 0.5) is 0 Å². The van der Waals surface area contributed by atoms with Gasteiger partial charge in [-0.1, -0.05) is 19.3 Å². The molecule has 0 aromatic rings. The van der Waals surface area contributed by atoms with Crippen LogP contribution in [0.2, 0.25) is 5.54 Å². The first-order valence-corrected chi connectivity index (χ1v) is 9.55. The molecular formula is C13H27ClO2Si. The molecule has 0 saturated heterocycles. The topological polar surface area (TPSA) is 18.5 Å². The van der Waals surface area contributed by atoms with Crippen molar-refractivity contribution in [1.29, 1.82) is 0 Å². The van der Waals surface area contributed by atoms with Crippen molar-refractivity contribution in [3.63, 3.8) is 0 Å². The van der Waals surface area contributed by atoms with Crippen molar-refractivity contribution >= 4 is 20.2 Å². The van der Waals surface area contributed by atoms with Crippen molar-refractivity contribution in [2.45, 2.75) is 77.5 Å². The second-order valence-electron chi connectivity index (χ2n) is 5.61. The van der Waals surface area contributed by atoms with Crippen molar-refractivity contribution in [2.75, 3.05) is 5.50 Å². The predicted octanol–water partition coefficient (Wildman–Crippen LogP) is 4.39. The van der Waals surface area contributed by atoms with Gasteiger partial charge < -0.3 is 8.85 Å². The van der Waals surface area contributed by atoms with E-state index in [1.165, 1.54) is 32.1 Å². The smallest absolute Gasteiger partial charge is 0.357 e. The molecule has 1 saturated carbocycles. The standard InChI is InChI=1S/C13H27ClO2Si/c1-11(2)15-17(10-14,16-12(3)4)13-8-6-5-7-9-13/h11-13H,5-10H2,1-4H3. The van der Waals surface area contributed by atoms with Crippen LogP contribution in [0.15, 0.2) is 0 Å². The molecule has 102 valence electrons. The molecule has 1 aliphatic carbocycles. The van der Waals surface area contributed by atoms with E-state index in [1.807, 2.05) is 0 Å². The van der Waals surface area contributed by atoms with Crippen LogP contribution in [-0.2, 0) is 8.85 Å². The van der Waals surface area contributed by atoms with Gasteiger partial charge in [-0.25, -0.2) is 0 Å². The fourth-order valence-electron chi connectivity index (χ4n) is 2.73. The molecule has 0 aliphatic heterocycles. The van der Waals surface area contributed by atoms with Crippen LogP contribution in [0.5, 0.6) is 0 Å². The van der Waals surface area contributed by atoms with E-state index in [0.717, 1.165) is 0 Å². The summed E-state index contributed by atoms with van der Waals surface area (Å²) in [4.78, 5) is 0. The first-order chi connectivity index (χ1) is 8.00. The summed E-state index contributed by atoms with van der Waals surface area (Å²) in [5.41, 5.74) is 1.15. The number of hydrogen-bond acceptors (Lipinski definition) is 2. The maximum atomic E-state index is 6.26. The first kappa shape index (κ1) is 15.5. The van der Waals surface area contributed by atoms with Gasteiger partial charge in [0.1, 0.15) is 0 Å². The number of alkyl halides is 1. The van der Waals surface area contributed by atoms with Crippen molar-refractivity contribution in [3.8, 4) is 0 Å². The third-order valence-electron chi connectivity index (χ3n) is 3.28. The van der Waals surface area contributed by atoms with Crippen LogP contribution >= 0.6 is 11.6 Å². The Morgan fingerprint density at radius 3 is 1.82 bits per heavy atom. The lowest BCUT2D eigenvalue weighted by molar-refractivity contribution is 0.0960. The summed E-state index contributed by atoms with van der Waals surface area (Å²) in [6.07, 6.45) is 6.85. The second-order valence-corrected chi connectivity index (χ2v) is 9.59. The SMILES string of the molecule is CC(C)O[Si](CCl)(OC(C)C)C1CCCCC1. The highest BCUT2D eigenvalue weighted by Gasteiger charge is 2.47. The number of rotatable bonds is 6. The Balaban J connectivity index is 2.79. The van der Waals surface area contributed by atoms with Crippen LogP contribution in [0.3, 0.4) is 0 Å². The molecule has 2 nitrogen and oxygen atoms in total. The summed E-state index contributed by atoms with van der Waals surface area (Å²) < 4.78 is 12.4. The van der Waals surface area contributed by atoms with Crippen molar-refractivity contribution in [3.05, 3.63) is 0 Å². The van der Waals surface area contributed by atoms with E-state index in [0.29, 0.717) is 11.0 Å². The Kier molecular flexibility index (Phi) is 6.49. The van der Waals surface area contributed by atoms with Crippen molar-refractivity contribution in [1.82, 2.24) is 0 Å². The van der Waals surface area contributed by atoms with Gasteiger partial charge in [0.05, 0.1) is 5.50 Å². The van der Waals surface area contributed by atoms with E-state index in [1.54, 1.807) is 0 Å². The predicted molar refractivity (Wildman–Crippen MR) is 75.8 cm³/mol. The molecule has 1 fully saturated rings. The third kappa shape index (κ3) is 4.55. The van der Waals surface area contributed by atoms with Gasteiger partial charge >= 0.3 is 8.56 Å². The van der Waals surface area contributed by atoms with Gasteiger partial charge in [-0.3, -0.25) is 0 Å². The van der Waals surface area contributed by atoms with Crippen molar-refractivity contribution in [2.24, 2.45) is 0 Å². The minimum atomic E-state index is -2.23. The van der Waals surface area contributed by atoms with Crippen LogP contribution in [0.1, 0.15) is 59.8 Å². The molecule has 17 heavy (non-hydrogen) atoms. The highest BCUT2D eigenvalue weighted by molar-refractivity contribution is 6.76. The molecule has 0 unspecified atom stereocenters. The average molecular weight is 279 g/mol. The molecule has 1 aliphatic rings. The summed E-state index contributed by atoms with van der Waals surface area (Å²) in [7, 11) is -2.23. The Hall–Kier alpha value is 0.427. The average Bonchev–Trinajstić information content (AvgIpc) is 2.28. The lowest BCUT2D eigenvalue weighted by Crippen LogP contribution is -2.53. The van der Waals surface area contributed by atoms with Gasteiger partial charge in [0.25, 0.3) is 0 Å². The zero-order chi connectivity index (χ0) is 12.9. The number of hydrogen-bond donors (Lipinski definition) is 0. The monoisotopic (exact) mass is 278 g/mol. The van der Waals surface area contributed by atoms with Crippen molar-refractivity contribution < 1.29 is 8.85 Å². The zero-order valence-corrected chi connectivity index (χ0v) is 13.4. The minimum Gasteiger partial charge on any atom is -0.391 e. The quantitative estimate of drug-likeness (QED) is 0.530. The summed E-state index contributed by atoms with van der Waals surface area (Å²) in [5.74, 6) is 0. The van der Waals surface area contributed by atoms with E-state index in [9.17, 15) is 0 Å². The molecule has 0 atom stereocenters. The van der Waals surface area contributed by atoms with E-state index >= 15 is 0 Å². The summed E-state index contributed by atoms with van der Waals surface area (Å²) in [6.45, 7) is 8.34. The second kappa shape index (κ2) is 7.12. The molecule has 0 bridgehead atoms. The molecule has 0 spiro atoms. The molecule has 0 heterocycles. The summed E-state index contributed by atoms with van der Waals surface area (Å²) in [5, 5.41) is 0. The lowest BCUT2D eigenvalue weighted by Gasteiger charge is -2.40. The summed E-state index contributed by atoms with van der Waals surface area (Å²) in [6, 6.07) is 0. The molecule has 0 radical (unpaired) electrons. The fraction of sp³-hybridized carbons (Fsp3) is 1.00. The molecular weight excluding hydrogens is 252 g/mol. The maximum absolute atomic E-state index is 6.26. The lowest BCUT2D eigenvalue weighted by atomic mass is 10.0. The van der Waals surface area contributed by atoms with Gasteiger partial charge in [0.2, 0.25) is 0 Å². The van der Waals surface area contributed by atoms with E-state index in [-0.39, 0.29) is 12.2 Å². The Morgan fingerprint density at radius 2 is 1.47 bits per heavy atom. The Bertz CT molecular complexity index is 205. The highest BCUT2D eigenvalue weighted by Crippen LogP contribution is 2.39. The molecule has 4 heteroatoms. The summed E-state index contributed by atoms with van der Waals surface area (Å²) >= 11 is 6.26. The maximum Gasteiger partial charge on any atom is 0.357 e. The molecule has 0 aromatic heterocycles. The van der Waals surface area contributed by atoms with Crippen LogP contribution < -0.4 is 0 Å². The van der Waals surface area contributed by atoms with Gasteiger partial charge in [-0.05, 0) is 40.5 Å². The fourth-order valence-corrected chi connectivity index (χ4v) is 7.43. The molecule has 0 N–H and O–H groups in total. The number of halogens is 1. The van der Waals surface area contributed by atoms with Gasteiger partial charge in [-0.2, -0.15) is 0 Å². The van der Waals surface area contributed by atoms with Crippen LogP contribution in [0, 0.1) is 0 Å². The minimum absolute atomic E-state index is 0.209. The van der Waals surface area contributed by atoms with Gasteiger partial charge in [0.15, 0.2) is 0 Å². The first-order valence-electron chi connectivity index (χ1n) is 6.92. The normalized spacial score (nSPS) is 19.2. The van der Waals surface area contributed by atoms with Crippen LogP contribution in [0.25, 0.3) is 0 Å². The van der Waals surface area contributed by atoms with Gasteiger partial charge in [0, 0.05) is 17.7 Å². The third-order valence-corrected chi connectivity index (χ3v) is 8.34. The largest absolute Gasteiger partial charge is 0.391 e. The van der Waals surface area contributed by atoms with Gasteiger partial charge in [-0.15, -0.1) is 11.6 Å². The van der Waals surface area contributed by atoms with E-state index in [2.05, 4.69) is 27.7 Å². The molecule has 1 rings (SSSR count). The van der Waals surface area contributed by atoms with Crippen LogP contribution in [-0.4, -0.2) is 26.3 Å². The molecule has 0 aromatic carbocycles.